The minimum atomic E-state index is -0.907. The van der Waals surface area contributed by atoms with Crippen LogP contribution in [0.2, 0.25) is 25.7 Å². The first-order valence-electron chi connectivity index (χ1n) is 7.23. The lowest BCUT2D eigenvalue weighted by molar-refractivity contribution is 0.431. The Labute approximate surface area is 114 Å². The van der Waals surface area contributed by atoms with E-state index < -0.39 is 8.07 Å². The van der Waals surface area contributed by atoms with Crippen molar-refractivity contribution in [3.8, 4) is 0 Å². The van der Waals surface area contributed by atoms with Gasteiger partial charge in [-0.25, -0.2) is 0 Å². The lowest BCUT2D eigenvalue weighted by Gasteiger charge is -2.25. The van der Waals surface area contributed by atoms with Gasteiger partial charge in [-0.3, -0.25) is 0 Å². The summed E-state index contributed by atoms with van der Waals surface area (Å²) >= 11 is 0. The molecule has 1 nitrogen and oxygen atoms in total. The van der Waals surface area contributed by atoms with Crippen molar-refractivity contribution in [1.29, 1.82) is 0 Å². The van der Waals surface area contributed by atoms with E-state index in [1.54, 1.807) is 0 Å². The van der Waals surface area contributed by atoms with Gasteiger partial charge in [0.2, 0.25) is 0 Å². The van der Waals surface area contributed by atoms with Gasteiger partial charge in [0.05, 0.1) is 0 Å². The van der Waals surface area contributed by atoms with Gasteiger partial charge in [0.25, 0.3) is 0 Å². The molecule has 0 aliphatic rings. The van der Waals surface area contributed by atoms with Gasteiger partial charge in [-0.1, -0.05) is 62.9 Å². The second-order valence-electron chi connectivity index (χ2n) is 6.50. The van der Waals surface area contributed by atoms with Gasteiger partial charge in [0, 0.05) is 20.2 Å². The summed E-state index contributed by atoms with van der Waals surface area (Å²) in [5, 5.41) is 3.78. The number of hydrogen-bond acceptors (Lipinski definition) is 1. The molecular weight excluding hydrogens is 234 g/mol. The summed E-state index contributed by atoms with van der Waals surface area (Å²) < 4.78 is 0. The van der Waals surface area contributed by atoms with Gasteiger partial charge >= 0.3 is 0 Å². The Bertz CT molecular complexity index is 329. The third-order valence-corrected chi connectivity index (χ3v) is 5.31. The molecule has 0 heterocycles. The van der Waals surface area contributed by atoms with Gasteiger partial charge in [-0.15, -0.1) is 0 Å². The van der Waals surface area contributed by atoms with Crippen molar-refractivity contribution in [3.05, 3.63) is 35.9 Å². The second-order valence-corrected chi connectivity index (χ2v) is 12.1. The lowest BCUT2D eigenvalue weighted by Crippen LogP contribution is -2.33. The Morgan fingerprint density at radius 1 is 1.11 bits per heavy atom. The summed E-state index contributed by atoms with van der Waals surface area (Å²) in [7, 11) is -0.907. The van der Waals surface area contributed by atoms with E-state index in [-0.39, 0.29) is 0 Å². The van der Waals surface area contributed by atoms with Gasteiger partial charge < -0.3 is 5.32 Å². The Morgan fingerprint density at radius 2 is 1.72 bits per heavy atom. The van der Waals surface area contributed by atoms with Gasteiger partial charge in [0.15, 0.2) is 0 Å². The van der Waals surface area contributed by atoms with Gasteiger partial charge in [-0.2, -0.15) is 0 Å². The van der Waals surface area contributed by atoms with Crippen LogP contribution < -0.4 is 5.32 Å². The zero-order chi connectivity index (χ0) is 13.6. The molecule has 18 heavy (non-hydrogen) atoms. The average Bonchev–Trinajstić information content (AvgIpc) is 2.34. The maximum atomic E-state index is 3.78. The number of benzene rings is 1. The molecule has 102 valence electrons. The van der Waals surface area contributed by atoms with Crippen molar-refractivity contribution in [3.63, 3.8) is 0 Å². The van der Waals surface area contributed by atoms with Crippen LogP contribution in [0.1, 0.15) is 38.3 Å². The van der Waals surface area contributed by atoms with Crippen LogP contribution >= 0.6 is 0 Å². The molecule has 1 aromatic carbocycles. The maximum Gasteiger partial charge on any atom is 0.0443 e. The molecule has 0 amide bonds. The van der Waals surface area contributed by atoms with E-state index in [1.807, 2.05) is 0 Å². The fourth-order valence-corrected chi connectivity index (χ4v) is 3.42. The highest BCUT2D eigenvalue weighted by molar-refractivity contribution is 6.76. The summed E-state index contributed by atoms with van der Waals surface area (Å²) in [4.78, 5) is 0. The van der Waals surface area contributed by atoms with Crippen molar-refractivity contribution < 1.29 is 0 Å². The molecule has 0 saturated carbocycles. The van der Waals surface area contributed by atoms with Crippen LogP contribution in [0.3, 0.4) is 0 Å². The molecule has 0 aliphatic heterocycles. The van der Waals surface area contributed by atoms with Crippen molar-refractivity contribution in [1.82, 2.24) is 5.32 Å². The molecule has 1 N–H and O–H groups in total. The molecule has 0 saturated heterocycles. The molecule has 0 unspecified atom stereocenters. The van der Waals surface area contributed by atoms with Crippen LogP contribution in [0.25, 0.3) is 0 Å². The monoisotopic (exact) mass is 263 g/mol. The van der Waals surface area contributed by atoms with E-state index in [9.17, 15) is 0 Å². The van der Waals surface area contributed by atoms with Crippen molar-refractivity contribution >= 4 is 8.07 Å². The first-order valence-corrected chi connectivity index (χ1v) is 10.9. The fraction of sp³-hybridized carbons (Fsp3) is 0.625. The predicted octanol–water partition coefficient (Wildman–Crippen LogP) is 4.84. The van der Waals surface area contributed by atoms with Crippen LogP contribution in [0.15, 0.2) is 30.3 Å². The Morgan fingerprint density at radius 3 is 2.22 bits per heavy atom. The second kappa shape index (κ2) is 7.10. The predicted molar refractivity (Wildman–Crippen MR) is 84.8 cm³/mol. The number of rotatable bonds is 7. The van der Waals surface area contributed by atoms with Crippen molar-refractivity contribution in [2.45, 2.75) is 64.5 Å². The van der Waals surface area contributed by atoms with Gasteiger partial charge in [-0.05, 0) is 25.3 Å². The SMILES string of the molecule is CC[C@H](CC[Si](C)(C)C)N[C@H](C)c1ccccc1. The first-order chi connectivity index (χ1) is 8.42. The highest BCUT2D eigenvalue weighted by atomic mass is 28.3. The van der Waals surface area contributed by atoms with E-state index in [4.69, 9.17) is 0 Å². The minimum Gasteiger partial charge on any atom is -0.307 e. The van der Waals surface area contributed by atoms with Crippen molar-refractivity contribution in [2.24, 2.45) is 0 Å². The first kappa shape index (κ1) is 15.5. The highest BCUT2D eigenvalue weighted by Crippen LogP contribution is 2.18. The molecule has 0 bridgehead atoms. The Kier molecular flexibility index (Phi) is 6.10. The summed E-state index contributed by atoms with van der Waals surface area (Å²) in [5.74, 6) is 0. The smallest absolute Gasteiger partial charge is 0.0443 e. The van der Waals surface area contributed by atoms with E-state index in [1.165, 1.54) is 24.4 Å². The molecule has 1 rings (SSSR count). The summed E-state index contributed by atoms with van der Waals surface area (Å²) in [6.07, 6.45) is 2.55. The van der Waals surface area contributed by atoms with E-state index in [0.29, 0.717) is 12.1 Å². The fourth-order valence-electron chi connectivity index (χ4n) is 2.20. The Hall–Kier alpha value is -0.603. The minimum absolute atomic E-state index is 0.456. The third kappa shape index (κ3) is 5.83. The molecule has 2 atom stereocenters. The zero-order valence-electron chi connectivity index (χ0n) is 12.7. The number of hydrogen-bond donors (Lipinski definition) is 1. The molecular formula is C16H29NSi. The lowest BCUT2D eigenvalue weighted by atomic mass is 10.1. The highest BCUT2D eigenvalue weighted by Gasteiger charge is 2.17. The largest absolute Gasteiger partial charge is 0.307 e. The molecule has 0 aromatic heterocycles. The maximum absolute atomic E-state index is 3.78. The molecule has 0 radical (unpaired) electrons. The quantitative estimate of drug-likeness (QED) is 0.694. The summed E-state index contributed by atoms with van der Waals surface area (Å²) in [6, 6.07) is 13.3. The topological polar surface area (TPSA) is 12.0 Å². The van der Waals surface area contributed by atoms with Crippen LogP contribution in [0.4, 0.5) is 0 Å². The average molecular weight is 264 g/mol. The molecule has 0 aliphatic carbocycles. The summed E-state index contributed by atoms with van der Waals surface area (Å²) in [5.41, 5.74) is 1.39. The zero-order valence-corrected chi connectivity index (χ0v) is 13.7. The number of nitrogens with one attached hydrogen (secondary N) is 1. The Balaban J connectivity index is 2.48. The molecule has 1 aromatic rings. The van der Waals surface area contributed by atoms with E-state index >= 15 is 0 Å². The normalized spacial score (nSPS) is 15.4. The molecule has 0 spiro atoms. The third-order valence-electron chi connectivity index (χ3n) is 3.52. The van der Waals surface area contributed by atoms with Crippen LogP contribution in [0.5, 0.6) is 0 Å². The van der Waals surface area contributed by atoms with Crippen LogP contribution in [0, 0.1) is 0 Å². The van der Waals surface area contributed by atoms with Crippen LogP contribution in [-0.4, -0.2) is 14.1 Å². The van der Waals surface area contributed by atoms with Crippen molar-refractivity contribution in [2.75, 3.05) is 0 Å². The molecule has 0 fully saturated rings. The van der Waals surface area contributed by atoms with Crippen LogP contribution in [-0.2, 0) is 0 Å². The van der Waals surface area contributed by atoms with E-state index in [2.05, 4.69) is 69.1 Å². The standard InChI is InChI=1S/C16H29NSi/c1-6-16(12-13-18(3,4)5)17-14(2)15-10-8-7-9-11-15/h7-11,14,16-17H,6,12-13H2,1-5H3/t14-,16-/m1/s1. The molecule has 2 heteroatoms. The summed E-state index contributed by atoms with van der Waals surface area (Å²) in [6.45, 7) is 11.9. The van der Waals surface area contributed by atoms with Gasteiger partial charge in [0.1, 0.15) is 0 Å². The van der Waals surface area contributed by atoms with E-state index in [0.717, 1.165) is 0 Å².